The van der Waals surface area contributed by atoms with Gasteiger partial charge in [-0.3, -0.25) is 4.90 Å². The predicted molar refractivity (Wildman–Crippen MR) is 50.6 cm³/mol. The molecule has 0 aromatic carbocycles. The lowest BCUT2D eigenvalue weighted by molar-refractivity contribution is 0.157. The van der Waals surface area contributed by atoms with Crippen LogP contribution in [-0.4, -0.2) is 48.8 Å². The first kappa shape index (κ1) is 10.3. The number of aliphatic hydroxyl groups is 1. The Labute approximate surface area is 79.5 Å². The van der Waals surface area contributed by atoms with Gasteiger partial charge in [-0.25, -0.2) is 0 Å². The Hall–Kier alpha value is 0.170. The summed E-state index contributed by atoms with van der Waals surface area (Å²) in [4.78, 5) is 2.32. The molecule has 2 saturated heterocycles. The molecule has 12 heavy (non-hydrogen) atoms. The molecular formula is C8H17ClN2O. The zero-order chi connectivity index (χ0) is 7.84. The van der Waals surface area contributed by atoms with Crippen molar-refractivity contribution in [3.63, 3.8) is 0 Å². The SMILES string of the molecule is CN1C(CO)CC2CNCC21.Cl. The van der Waals surface area contributed by atoms with Gasteiger partial charge in [-0.1, -0.05) is 0 Å². The van der Waals surface area contributed by atoms with E-state index in [1.165, 1.54) is 6.42 Å². The third kappa shape index (κ3) is 1.46. The molecule has 2 aliphatic rings. The fourth-order valence-electron chi connectivity index (χ4n) is 2.43. The summed E-state index contributed by atoms with van der Waals surface area (Å²) in [5.74, 6) is 0.789. The summed E-state index contributed by atoms with van der Waals surface area (Å²) >= 11 is 0. The normalized spacial score (nSPS) is 41.0. The van der Waals surface area contributed by atoms with Gasteiger partial charge in [-0.15, -0.1) is 12.4 Å². The van der Waals surface area contributed by atoms with Gasteiger partial charge in [0.1, 0.15) is 0 Å². The van der Waals surface area contributed by atoms with Gasteiger partial charge in [0.05, 0.1) is 6.61 Å². The lowest BCUT2D eigenvalue weighted by atomic mass is 10.0. The zero-order valence-electron chi connectivity index (χ0n) is 7.36. The van der Waals surface area contributed by atoms with Crippen molar-refractivity contribution in [1.29, 1.82) is 0 Å². The molecule has 2 fully saturated rings. The summed E-state index contributed by atoms with van der Waals surface area (Å²) in [7, 11) is 2.12. The minimum Gasteiger partial charge on any atom is -0.395 e. The third-order valence-corrected chi connectivity index (χ3v) is 3.19. The number of likely N-dealkylation sites (N-methyl/N-ethyl adjacent to an activating group) is 1. The van der Waals surface area contributed by atoms with Crippen LogP contribution in [0.2, 0.25) is 0 Å². The molecule has 0 bridgehead atoms. The van der Waals surface area contributed by atoms with Crippen LogP contribution in [0, 0.1) is 5.92 Å². The van der Waals surface area contributed by atoms with Crippen molar-refractivity contribution >= 4 is 12.4 Å². The van der Waals surface area contributed by atoms with E-state index in [1.54, 1.807) is 0 Å². The lowest BCUT2D eigenvalue weighted by Gasteiger charge is -2.22. The standard InChI is InChI=1S/C8H16N2O.ClH/c1-10-7(5-11)2-6-3-9-4-8(6)10;/h6-9,11H,2-5H2,1H3;1H. The summed E-state index contributed by atoms with van der Waals surface area (Å²) < 4.78 is 0. The van der Waals surface area contributed by atoms with Crippen LogP contribution in [-0.2, 0) is 0 Å². The van der Waals surface area contributed by atoms with Crippen LogP contribution < -0.4 is 5.32 Å². The first-order valence-electron chi connectivity index (χ1n) is 4.36. The minimum absolute atomic E-state index is 0. The number of halogens is 1. The molecule has 2 N–H and O–H groups in total. The second-order valence-electron chi connectivity index (χ2n) is 3.72. The number of likely N-dealkylation sites (tertiary alicyclic amines) is 1. The number of nitrogens with one attached hydrogen (secondary N) is 1. The van der Waals surface area contributed by atoms with Crippen LogP contribution >= 0.6 is 12.4 Å². The Morgan fingerprint density at radius 1 is 1.50 bits per heavy atom. The Morgan fingerprint density at radius 2 is 2.25 bits per heavy atom. The van der Waals surface area contributed by atoms with Crippen molar-refractivity contribution in [3.8, 4) is 0 Å². The van der Waals surface area contributed by atoms with Crippen LogP contribution in [0.25, 0.3) is 0 Å². The Kier molecular flexibility index (Phi) is 3.35. The second kappa shape index (κ2) is 3.92. The van der Waals surface area contributed by atoms with Crippen LogP contribution in [0.5, 0.6) is 0 Å². The first-order chi connectivity index (χ1) is 5.33. The molecule has 2 rings (SSSR count). The van der Waals surface area contributed by atoms with Gasteiger partial charge in [-0.05, 0) is 25.9 Å². The lowest BCUT2D eigenvalue weighted by Crippen LogP contribution is -2.37. The molecule has 0 aliphatic carbocycles. The average Bonchev–Trinajstić information content (AvgIpc) is 2.53. The number of nitrogens with zero attached hydrogens (tertiary/aromatic N) is 1. The Morgan fingerprint density at radius 3 is 2.83 bits per heavy atom. The van der Waals surface area contributed by atoms with E-state index < -0.39 is 0 Å². The molecule has 3 atom stereocenters. The molecule has 0 radical (unpaired) electrons. The van der Waals surface area contributed by atoms with Gasteiger partial charge in [0, 0.05) is 18.6 Å². The molecule has 0 aromatic rings. The number of hydrogen-bond donors (Lipinski definition) is 2. The van der Waals surface area contributed by atoms with Gasteiger partial charge < -0.3 is 10.4 Å². The van der Waals surface area contributed by atoms with Gasteiger partial charge in [0.15, 0.2) is 0 Å². The van der Waals surface area contributed by atoms with Crippen molar-refractivity contribution in [2.45, 2.75) is 18.5 Å². The Balaban J connectivity index is 0.000000720. The number of hydrogen-bond acceptors (Lipinski definition) is 3. The number of aliphatic hydroxyl groups excluding tert-OH is 1. The highest BCUT2D eigenvalue weighted by molar-refractivity contribution is 5.85. The number of fused-ring (bicyclic) bond motifs is 1. The summed E-state index contributed by atoms with van der Waals surface area (Å²) in [5.41, 5.74) is 0. The average molecular weight is 193 g/mol. The highest BCUT2D eigenvalue weighted by Gasteiger charge is 2.40. The summed E-state index contributed by atoms with van der Waals surface area (Å²) in [5, 5.41) is 12.4. The van der Waals surface area contributed by atoms with Crippen LogP contribution in [0.4, 0.5) is 0 Å². The molecule has 0 saturated carbocycles. The largest absolute Gasteiger partial charge is 0.395 e. The summed E-state index contributed by atoms with van der Waals surface area (Å²) in [6.45, 7) is 2.58. The zero-order valence-corrected chi connectivity index (χ0v) is 8.18. The molecule has 0 spiro atoms. The monoisotopic (exact) mass is 192 g/mol. The van der Waals surface area contributed by atoms with E-state index in [0.717, 1.165) is 19.0 Å². The highest BCUT2D eigenvalue weighted by atomic mass is 35.5. The fourth-order valence-corrected chi connectivity index (χ4v) is 2.43. The van der Waals surface area contributed by atoms with E-state index in [1.807, 2.05) is 0 Å². The van der Waals surface area contributed by atoms with Gasteiger partial charge in [0.25, 0.3) is 0 Å². The molecule has 72 valence electrons. The second-order valence-corrected chi connectivity index (χ2v) is 3.72. The van der Waals surface area contributed by atoms with Crippen molar-refractivity contribution in [2.24, 2.45) is 5.92 Å². The maximum absolute atomic E-state index is 9.03. The molecule has 3 nitrogen and oxygen atoms in total. The summed E-state index contributed by atoms with van der Waals surface area (Å²) in [6, 6.07) is 1.11. The smallest absolute Gasteiger partial charge is 0.0586 e. The van der Waals surface area contributed by atoms with Crippen molar-refractivity contribution in [2.75, 3.05) is 26.7 Å². The van der Waals surface area contributed by atoms with Crippen LogP contribution in [0.3, 0.4) is 0 Å². The highest BCUT2D eigenvalue weighted by Crippen LogP contribution is 2.30. The summed E-state index contributed by atoms with van der Waals surface area (Å²) in [6.07, 6.45) is 1.17. The Bertz CT molecular complexity index is 156. The van der Waals surface area contributed by atoms with E-state index in [9.17, 15) is 0 Å². The number of rotatable bonds is 1. The molecule has 3 unspecified atom stereocenters. The third-order valence-electron chi connectivity index (χ3n) is 3.19. The first-order valence-corrected chi connectivity index (χ1v) is 4.36. The van der Waals surface area contributed by atoms with Crippen molar-refractivity contribution in [3.05, 3.63) is 0 Å². The molecule has 2 aliphatic heterocycles. The van der Waals surface area contributed by atoms with Gasteiger partial charge >= 0.3 is 0 Å². The quantitative estimate of drug-likeness (QED) is 0.599. The molecule has 2 heterocycles. The minimum atomic E-state index is 0. The van der Waals surface area contributed by atoms with Crippen LogP contribution in [0.1, 0.15) is 6.42 Å². The maximum atomic E-state index is 9.03. The van der Waals surface area contributed by atoms with E-state index >= 15 is 0 Å². The van der Waals surface area contributed by atoms with E-state index in [2.05, 4.69) is 17.3 Å². The predicted octanol–water partition coefficient (Wildman–Crippen LogP) is -0.307. The maximum Gasteiger partial charge on any atom is 0.0586 e. The topological polar surface area (TPSA) is 35.5 Å². The van der Waals surface area contributed by atoms with Crippen molar-refractivity contribution in [1.82, 2.24) is 10.2 Å². The van der Waals surface area contributed by atoms with Gasteiger partial charge in [-0.2, -0.15) is 0 Å². The molecular weight excluding hydrogens is 176 g/mol. The van der Waals surface area contributed by atoms with E-state index in [0.29, 0.717) is 18.7 Å². The molecule has 0 aromatic heterocycles. The van der Waals surface area contributed by atoms with Crippen molar-refractivity contribution < 1.29 is 5.11 Å². The molecule has 4 heteroatoms. The van der Waals surface area contributed by atoms with E-state index in [4.69, 9.17) is 5.11 Å². The molecule has 0 amide bonds. The van der Waals surface area contributed by atoms with E-state index in [-0.39, 0.29) is 12.4 Å². The fraction of sp³-hybridized carbons (Fsp3) is 1.00. The van der Waals surface area contributed by atoms with Crippen LogP contribution in [0.15, 0.2) is 0 Å². The van der Waals surface area contributed by atoms with Gasteiger partial charge in [0.2, 0.25) is 0 Å².